The van der Waals surface area contributed by atoms with E-state index in [4.69, 9.17) is 5.73 Å². The normalized spacial score (nSPS) is 19.3. The van der Waals surface area contributed by atoms with Gasteiger partial charge in [0.15, 0.2) is 0 Å². The maximum absolute atomic E-state index is 12.7. The maximum atomic E-state index is 12.7. The van der Waals surface area contributed by atoms with Crippen LogP contribution in [0.25, 0.3) is 0 Å². The summed E-state index contributed by atoms with van der Waals surface area (Å²) in [5, 5.41) is 0. The molecule has 96 valence electrons. The third-order valence-corrected chi connectivity index (χ3v) is 3.00. The standard InChI is InChI=1S/C13H15FN2O2/c14-10-4-1-9(2-5-10)3-6-12(17)16-8-11(15)7-13(16)18/h1-2,4-5,11H,3,6-8,15H2. The number of carbonyl (C=O) groups is 2. The van der Waals surface area contributed by atoms with Crippen molar-refractivity contribution in [3.8, 4) is 0 Å². The van der Waals surface area contributed by atoms with Gasteiger partial charge in [-0.25, -0.2) is 4.39 Å². The molecule has 1 atom stereocenters. The fourth-order valence-corrected chi connectivity index (χ4v) is 2.01. The summed E-state index contributed by atoms with van der Waals surface area (Å²) in [4.78, 5) is 24.5. The van der Waals surface area contributed by atoms with Gasteiger partial charge >= 0.3 is 0 Å². The van der Waals surface area contributed by atoms with Crippen molar-refractivity contribution in [3.05, 3.63) is 35.6 Å². The molecule has 2 rings (SSSR count). The highest BCUT2D eigenvalue weighted by Gasteiger charge is 2.31. The van der Waals surface area contributed by atoms with Crippen LogP contribution in [0.4, 0.5) is 4.39 Å². The maximum Gasteiger partial charge on any atom is 0.230 e. The number of halogens is 1. The van der Waals surface area contributed by atoms with Gasteiger partial charge in [0.05, 0.1) is 0 Å². The van der Waals surface area contributed by atoms with Gasteiger partial charge in [-0.05, 0) is 24.1 Å². The smallest absolute Gasteiger partial charge is 0.230 e. The Kier molecular flexibility index (Phi) is 3.72. The molecule has 18 heavy (non-hydrogen) atoms. The topological polar surface area (TPSA) is 63.4 Å². The molecule has 2 N–H and O–H groups in total. The van der Waals surface area contributed by atoms with Crippen molar-refractivity contribution in [1.82, 2.24) is 4.90 Å². The number of likely N-dealkylation sites (tertiary alicyclic amines) is 1. The summed E-state index contributed by atoms with van der Waals surface area (Å²) >= 11 is 0. The van der Waals surface area contributed by atoms with Crippen molar-refractivity contribution >= 4 is 11.8 Å². The van der Waals surface area contributed by atoms with Crippen molar-refractivity contribution < 1.29 is 14.0 Å². The second-order valence-electron chi connectivity index (χ2n) is 4.49. The summed E-state index contributed by atoms with van der Waals surface area (Å²) in [6.45, 7) is 0.307. The van der Waals surface area contributed by atoms with E-state index in [0.717, 1.165) is 5.56 Å². The number of aryl methyl sites for hydroxylation is 1. The number of carbonyl (C=O) groups excluding carboxylic acids is 2. The zero-order valence-corrected chi connectivity index (χ0v) is 9.93. The second kappa shape index (κ2) is 5.27. The molecule has 0 aromatic heterocycles. The molecule has 5 heteroatoms. The average molecular weight is 250 g/mol. The molecule has 2 amide bonds. The number of hydrogen-bond acceptors (Lipinski definition) is 3. The van der Waals surface area contributed by atoms with Crippen LogP contribution in [0, 0.1) is 5.82 Å². The van der Waals surface area contributed by atoms with Crippen LogP contribution in [0.15, 0.2) is 24.3 Å². The van der Waals surface area contributed by atoms with E-state index in [2.05, 4.69) is 0 Å². The summed E-state index contributed by atoms with van der Waals surface area (Å²) in [7, 11) is 0. The minimum Gasteiger partial charge on any atom is -0.326 e. The summed E-state index contributed by atoms with van der Waals surface area (Å²) in [5.41, 5.74) is 6.50. The van der Waals surface area contributed by atoms with E-state index in [9.17, 15) is 14.0 Å². The fourth-order valence-electron chi connectivity index (χ4n) is 2.01. The van der Waals surface area contributed by atoms with E-state index in [1.54, 1.807) is 12.1 Å². The number of benzene rings is 1. The fraction of sp³-hybridized carbons (Fsp3) is 0.385. The van der Waals surface area contributed by atoms with Gasteiger partial charge in [0.2, 0.25) is 11.8 Å². The third kappa shape index (κ3) is 2.92. The van der Waals surface area contributed by atoms with Crippen molar-refractivity contribution in [2.75, 3.05) is 6.54 Å². The number of rotatable bonds is 3. The summed E-state index contributed by atoms with van der Waals surface area (Å²) in [5.74, 6) is -0.713. The van der Waals surface area contributed by atoms with E-state index in [-0.39, 0.29) is 36.5 Å². The largest absolute Gasteiger partial charge is 0.326 e. The molecule has 1 aliphatic heterocycles. The van der Waals surface area contributed by atoms with E-state index < -0.39 is 0 Å². The highest BCUT2D eigenvalue weighted by Crippen LogP contribution is 2.12. The van der Waals surface area contributed by atoms with Crippen LogP contribution < -0.4 is 5.73 Å². The van der Waals surface area contributed by atoms with Gasteiger partial charge in [0.25, 0.3) is 0 Å². The molecule has 1 saturated heterocycles. The van der Waals surface area contributed by atoms with Crippen LogP contribution >= 0.6 is 0 Å². The Balaban J connectivity index is 1.88. The monoisotopic (exact) mass is 250 g/mol. The van der Waals surface area contributed by atoms with Gasteiger partial charge in [0, 0.05) is 25.4 Å². The minimum atomic E-state index is -0.300. The lowest BCUT2D eigenvalue weighted by Crippen LogP contribution is -2.34. The first-order chi connectivity index (χ1) is 8.56. The molecular formula is C13H15FN2O2. The average Bonchev–Trinajstić information content (AvgIpc) is 2.67. The number of imide groups is 1. The second-order valence-corrected chi connectivity index (χ2v) is 4.49. The number of amides is 2. The van der Waals surface area contributed by atoms with Crippen molar-refractivity contribution in [2.45, 2.75) is 25.3 Å². The Labute approximate surface area is 105 Å². The molecule has 0 aliphatic carbocycles. The molecule has 1 heterocycles. The van der Waals surface area contributed by atoms with Crippen LogP contribution in [-0.2, 0) is 16.0 Å². The van der Waals surface area contributed by atoms with E-state index in [1.807, 2.05) is 0 Å². The zero-order valence-electron chi connectivity index (χ0n) is 9.93. The number of nitrogens with zero attached hydrogens (tertiary/aromatic N) is 1. The van der Waals surface area contributed by atoms with Gasteiger partial charge in [0.1, 0.15) is 5.82 Å². The first-order valence-electron chi connectivity index (χ1n) is 5.89. The lowest BCUT2D eigenvalue weighted by molar-refractivity contribution is -0.141. The molecule has 1 aliphatic rings. The van der Waals surface area contributed by atoms with Crippen LogP contribution in [0.2, 0.25) is 0 Å². The van der Waals surface area contributed by atoms with Crippen molar-refractivity contribution in [2.24, 2.45) is 5.73 Å². The molecule has 1 unspecified atom stereocenters. The molecule has 0 saturated carbocycles. The van der Waals surface area contributed by atoms with Crippen LogP contribution in [0.5, 0.6) is 0 Å². The van der Waals surface area contributed by atoms with Crippen molar-refractivity contribution in [3.63, 3.8) is 0 Å². The van der Waals surface area contributed by atoms with E-state index in [0.29, 0.717) is 13.0 Å². The van der Waals surface area contributed by atoms with Crippen LogP contribution in [0.3, 0.4) is 0 Å². The SMILES string of the molecule is NC1CC(=O)N(C(=O)CCc2ccc(F)cc2)C1. The Morgan fingerprint density at radius 3 is 2.61 bits per heavy atom. The molecule has 1 fully saturated rings. The quantitative estimate of drug-likeness (QED) is 0.864. The lowest BCUT2D eigenvalue weighted by Gasteiger charge is -2.13. The van der Waals surface area contributed by atoms with Gasteiger partial charge in [-0.15, -0.1) is 0 Å². The zero-order chi connectivity index (χ0) is 13.1. The van der Waals surface area contributed by atoms with Crippen molar-refractivity contribution in [1.29, 1.82) is 0 Å². The first kappa shape index (κ1) is 12.7. The molecular weight excluding hydrogens is 235 g/mol. The number of nitrogens with two attached hydrogens (primary N) is 1. The number of hydrogen-bond donors (Lipinski definition) is 1. The highest BCUT2D eigenvalue weighted by molar-refractivity contribution is 5.97. The Morgan fingerprint density at radius 2 is 2.06 bits per heavy atom. The van der Waals surface area contributed by atoms with Crippen LogP contribution in [0.1, 0.15) is 18.4 Å². The molecule has 0 bridgehead atoms. The lowest BCUT2D eigenvalue weighted by atomic mass is 10.1. The van der Waals surface area contributed by atoms with Crippen LogP contribution in [-0.4, -0.2) is 29.3 Å². The molecule has 4 nitrogen and oxygen atoms in total. The molecule has 1 aromatic rings. The van der Waals surface area contributed by atoms with Gasteiger partial charge in [-0.2, -0.15) is 0 Å². The van der Waals surface area contributed by atoms with E-state index >= 15 is 0 Å². The Bertz CT molecular complexity index is 459. The van der Waals surface area contributed by atoms with E-state index in [1.165, 1.54) is 17.0 Å². The predicted molar refractivity (Wildman–Crippen MR) is 64.0 cm³/mol. The highest BCUT2D eigenvalue weighted by atomic mass is 19.1. The molecule has 1 aromatic carbocycles. The first-order valence-corrected chi connectivity index (χ1v) is 5.89. The van der Waals surface area contributed by atoms with Gasteiger partial charge in [-0.3, -0.25) is 14.5 Å². The third-order valence-electron chi connectivity index (χ3n) is 3.00. The van der Waals surface area contributed by atoms with Gasteiger partial charge < -0.3 is 5.73 Å². The molecule has 0 spiro atoms. The predicted octanol–water partition coefficient (Wildman–Crippen LogP) is 0.844. The Morgan fingerprint density at radius 1 is 1.39 bits per heavy atom. The van der Waals surface area contributed by atoms with Gasteiger partial charge in [-0.1, -0.05) is 12.1 Å². The molecule has 0 radical (unpaired) electrons. The summed E-state index contributed by atoms with van der Waals surface area (Å²) in [6.07, 6.45) is 0.977. The Hall–Kier alpha value is -1.75. The summed E-state index contributed by atoms with van der Waals surface area (Å²) in [6, 6.07) is 5.75. The minimum absolute atomic E-state index is 0.202. The summed E-state index contributed by atoms with van der Waals surface area (Å²) < 4.78 is 12.7.